The van der Waals surface area contributed by atoms with E-state index in [1.54, 1.807) is 23.0 Å². The lowest BCUT2D eigenvalue weighted by Gasteiger charge is -2.34. The Morgan fingerprint density at radius 3 is 2.00 bits per heavy atom. The summed E-state index contributed by atoms with van der Waals surface area (Å²) >= 11 is 15.0. The first kappa shape index (κ1) is 25.4. The molecule has 1 aromatic heterocycles. The van der Waals surface area contributed by atoms with Crippen LogP contribution in [0, 0.1) is 0 Å². The van der Waals surface area contributed by atoms with Crippen LogP contribution in [0.2, 0.25) is 0 Å². The van der Waals surface area contributed by atoms with Crippen LogP contribution in [-0.2, 0) is 9.30 Å². The van der Waals surface area contributed by atoms with Crippen molar-refractivity contribution in [2.75, 3.05) is 32.8 Å². The normalized spacial score (nSPS) is 18.4. The molecule has 0 bridgehead atoms. The lowest BCUT2D eigenvalue weighted by atomic mass is 10.2. The Morgan fingerprint density at radius 2 is 1.50 bits per heavy atom. The maximum atomic E-state index is 14.3. The van der Waals surface area contributed by atoms with Crippen LogP contribution in [0.4, 0.5) is 0 Å². The maximum Gasteiger partial charge on any atom is 0.193 e. The summed E-state index contributed by atoms with van der Waals surface area (Å²) in [6.07, 6.45) is 0. The van der Waals surface area contributed by atoms with Gasteiger partial charge in [-0.3, -0.25) is 14.6 Å². The number of hydrogen-bond acceptors (Lipinski definition) is 4. The van der Waals surface area contributed by atoms with Gasteiger partial charge in [0.2, 0.25) is 0 Å². The van der Waals surface area contributed by atoms with Crippen LogP contribution in [0.25, 0.3) is 10.1 Å². The first-order valence-electron chi connectivity index (χ1n) is 11.1. The summed E-state index contributed by atoms with van der Waals surface area (Å²) in [6, 6.07) is 23.3. The van der Waals surface area contributed by atoms with Crippen LogP contribution < -0.4 is 5.09 Å². The average Bonchev–Trinajstić information content (AvgIpc) is 3.40. The van der Waals surface area contributed by atoms with Crippen molar-refractivity contribution in [3.05, 3.63) is 106 Å². The molecular formula is C26H27Cl2N2O2PS. The smallest absolute Gasteiger partial charge is 0.193 e. The van der Waals surface area contributed by atoms with E-state index in [1.165, 1.54) is 4.88 Å². The van der Waals surface area contributed by atoms with Gasteiger partial charge in [0, 0.05) is 36.1 Å². The summed E-state index contributed by atoms with van der Waals surface area (Å²) in [5.74, 6) is 3.22. The Hall–Kier alpha value is -1.69. The molecule has 0 radical (unpaired) electrons. The first-order chi connectivity index (χ1) is 16.5. The second-order valence-electron chi connectivity index (χ2n) is 7.94. The third-order valence-electron chi connectivity index (χ3n) is 5.60. The van der Waals surface area contributed by atoms with Gasteiger partial charge in [-0.05, 0) is 22.6 Å². The van der Waals surface area contributed by atoms with E-state index in [9.17, 15) is 4.57 Å². The van der Waals surface area contributed by atoms with Crippen molar-refractivity contribution in [2.24, 2.45) is 0 Å². The minimum Gasteiger partial charge on any atom is -0.379 e. The molecule has 2 aromatic carbocycles. The van der Waals surface area contributed by atoms with E-state index in [-0.39, 0.29) is 6.04 Å². The van der Waals surface area contributed by atoms with Crippen LogP contribution in [-0.4, -0.2) is 37.7 Å². The van der Waals surface area contributed by atoms with E-state index >= 15 is 0 Å². The van der Waals surface area contributed by atoms with Gasteiger partial charge in [0.15, 0.2) is 7.29 Å². The Balaban J connectivity index is 1.65. The van der Waals surface area contributed by atoms with Gasteiger partial charge >= 0.3 is 0 Å². The highest BCUT2D eigenvalue weighted by molar-refractivity contribution is 7.68. The number of halogens is 2. The van der Waals surface area contributed by atoms with E-state index in [1.807, 2.05) is 66.7 Å². The molecule has 178 valence electrons. The summed E-state index contributed by atoms with van der Waals surface area (Å²) < 4.78 is 19.8. The zero-order valence-corrected chi connectivity index (χ0v) is 21.9. The molecule has 8 heteroatoms. The molecule has 1 fully saturated rings. The second-order valence-corrected chi connectivity index (χ2v) is 12.0. The van der Waals surface area contributed by atoms with Crippen LogP contribution in [0.3, 0.4) is 0 Å². The number of morpholine rings is 1. The summed E-state index contributed by atoms with van der Waals surface area (Å²) in [6.45, 7) is 3.53. The zero-order valence-electron chi connectivity index (χ0n) is 18.6. The molecule has 0 aliphatic carbocycles. The second kappa shape index (κ2) is 12.3. The molecule has 1 atom stereocenters. The number of ether oxygens (including phenoxy) is 1. The summed E-state index contributed by atoms with van der Waals surface area (Å²) in [5.41, 5.74) is 1.61. The van der Waals surface area contributed by atoms with Crippen molar-refractivity contribution in [2.45, 2.75) is 6.04 Å². The van der Waals surface area contributed by atoms with Crippen molar-refractivity contribution in [3.8, 4) is 0 Å². The Labute approximate surface area is 215 Å². The highest BCUT2D eigenvalue weighted by atomic mass is 35.5. The standard InChI is InChI=1S/C26H27Cl2N2O2PS/c27-23(21-8-3-1-4-9-21)19-33(31,20-24(28)22-10-5-2-6-11-22)29-18-25(26-12-7-17-34-26)30-13-15-32-16-14-30/h1-12,17,19-20,25H,13-16,18H2,(H,29,31). The predicted molar refractivity (Wildman–Crippen MR) is 146 cm³/mol. The van der Waals surface area contributed by atoms with Gasteiger partial charge in [0.1, 0.15) is 0 Å². The van der Waals surface area contributed by atoms with Crippen LogP contribution >= 0.6 is 41.8 Å². The summed E-state index contributed by atoms with van der Waals surface area (Å²) in [4.78, 5) is 3.59. The highest BCUT2D eigenvalue weighted by Gasteiger charge is 2.27. The quantitative estimate of drug-likeness (QED) is 0.290. The Morgan fingerprint density at radius 1 is 0.941 bits per heavy atom. The SMILES string of the molecule is O=P(C=C(Cl)c1ccccc1)(C=C(Cl)c1ccccc1)NCC(c1cccs1)N1CCOCC1. The molecule has 2 heterocycles. The van der Waals surface area contributed by atoms with Crippen molar-refractivity contribution < 1.29 is 9.30 Å². The van der Waals surface area contributed by atoms with Gasteiger partial charge in [-0.25, -0.2) is 0 Å². The topological polar surface area (TPSA) is 41.6 Å². The molecular weight excluding hydrogens is 506 g/mol. The van der Waals surface area contributed by atoms with E-state index in [0.29, 0.717) is 29.8 Å². The Bertz CT molecular complexity index is 1090. The summed E-state index contributed by atoms with van der Waals surface area (Å²) in [7, 11) is -3.26. The van der Waals surface area contributed by atoms with Crippen LogP contribution in [0.5, 0.6) is 0 Å². The third-order valence-corrected chi connectivity index (χ3v) is 9.49. The fraction of sp³-hybridized carbons (Fsp3) is 0.231. The molecule has 4 rings (SSSR count). The minimum absolute atomic E-state index is 0.0741. The van der Waals surface area contributed by atoms with Crippen molar-refractivity contribution in [3.63, 3.8) is 0 Å². The molecule has 3 aromatic rings. The van der Waals surface area contributed by atoms with E-state index in [4.69, 9.17) is 27.9 Å². The first-order valence-corrected chi connectivity index (χ1v) is 14.6. The lowest BCUT2D eigenvalue weighted by molar-refractivity contribution is 0.0179. The molecule has 0 spiro atoms. The fourth-order valence-corrected chi connectivity index (χ4v) is 7.49. The molecule has 4 nitrogen and oxygen atoms in total. The van der Waals surface area contributed by atoms with Crippen molar-refractivity contribution in [1.29, 1.82) is 0 Å². The van der Waals surface area contributed by atoms with Gasteiger partial charge in [0.25, 0.3) is 0 Å². The molecule has 1 unspecified atom stereocenters. The lowest BCUT2D eigenvalue weighted by Crippen LogP contribution is -2.42. The largest absolute Gasteiger partial charge is 0.379 e. The number of nitrogens with one attached hydrogen (secondary N) is 1. The van der Waals surface area contributed by atoms with Gasteiger partial charge in [-0.1, -0.05) is 89.9 Å². The molecule has 1 N–H and O–H groups in total. The van der Waals surface area contributed by atoms with Crippen LogP contribution in [0.15, 0.2) is 89.8 Å². The third kappa shape index (κ3) is 6.93. The summed E-state index contributed by atoms with van der Waals surface area (Å²) in [5, 5.41) is 6.25. The van der Waals surface area contributed by atoms with E-state index in [2.05, 4.69) is 21.4 Å². The predicted octanol–water partition coefficient (Wildman–Crippen LogP) is 7.46. The molecule has 1 saturated heterocycles. The molecule has 0 saturated carbocycles. The Kier molecular flexibility index (Phi) is 9.21. The van der Waals surface area contributed by atoms with Gasteiger partial charge in [-0.15, -0.1) is 11.3 Å². The fourth-order valence-electron chi connectivity index (χ4n) is 3.82. The number of hydrogen-bond donors (Lipinski definition) is 1. The van der Waals surface area contributed by atoms with Gasteiger partial charge in [-0.2, -0.15) is 0 Å². The highest BCUT2D eigenvalue weighted by Crippen LogP contribution is 2.50. The van der Waals surface area contributed by atoms with Crippen molar-refractivity contribution >= 4 is 51.9 Å². The van der Waals surface area contributed by atoms with E-state index < -0.39 is 7.29 Å². The number of nitrogens with zero attached hydrogens (tertiary/aromatic N) is 1. The average molecular weight is 533 g/mol. The maximum absolute atomic E-state index is 14.3. The zero-order chi connectivity index (χ0) is 23.8. The molecule has 1 aliphatic heterocycles. The molecule has 1 aliphatic rings. The van der Waals surface area contributed by atoms with Crippen molar-refractivity contribution in [1.82, 2.24) is 9.99 Å². The van der Waals surface area contributed by atoms with Gasteiger partial charge in [0.05, 0.1) is 29.3 Å². The number of benzene rings is 2. The van der Waals surface area contributed by atoms with E-state index in [0.717, 1.165) is 24.2 Å². The minimum atomic E-state index is -3.26. The number of thiophene rings is 1. The number of rotatable bonds is 9. The van der Waals surface area contributed by atoms with Crippen LogP contribution in [0.1, 0.15) is 22.0 Å². The molecule has 0 amide bonds. The monoisotopic (exact) mass is 532 g/mol. The molecule has 34 heavy (non-hydrogen) atoms. The van der Waals surface area contributed by atoms with Gasteiger partial charge < -0.3 is 4.74 Å².